The number of allylic oxidation sites excluding steroid dienone is 2. The first kappa shape index (κ1) is 37.7. The molecule has 0 N–H and O–H groups in total. The van der Waals surface area contributed by atoms with E-state index in [9.17, 15) is 4.79 Å². The first-order valence-corrected chi connectivity index (χ1v) is 20.1. The molecule has 288 valence electrons. The quantitative estimate of drug-likeness (QED) is 0.120. The number of anilines is 1. The molecule has 0 bridgehead atoms. The molecule has 60 heavy (non-hydrogen) atoms. The highest BCUT2D eigenvalue weighted by Crippen LogP contribution is 2.47. The average Bonchev–Trinajstić information content (AvgIpc) is 3.76. The number of benzene rings is 8. The smallest absolute Gasteiger partial charge is 0.268 e. The predicted molar refractivity (Wildman–Crippen MR) is 250 cm³/mol. The van der Waals surface area contributed by atoms with Gasteiger partial charge in [-0.05, 0) is 89.7 Å². The highest BCUT2D eigenvalue weighted by atomic mass is 16.2. The van der Waals surface area contributed by atoms with Gasteiger partial charge in [-0.25, -0.2) is 4.90 Å². The van der Waals surface area contributed by atoms with Crippen LogP contribution < -0.4 is 4.90 Å². The van der Waals surface area contributed by atoms with Crippen molar-refractivity contribution in [2.45, 2.75) is 13.8 Å². The molecule has 0 saturated carbocycles. The van der Waals surface area contributed by atoms with Gasteiger partial charge in [0.05, 0.1) is 33.5 Å². The fraction of sp³-hybridized carbons (Fsp3) is 0.0357. The molecule has 0 aliphatic carbocycles. The van der Waals surface area contributed by atoms with Crippen LogP contribution in [0, 0.1) is 6.92 Å². The third-order valence-electron chi connectivity index (χ3n) is 11.1. The van der Waals surface area contributed by atoms with E-state index in [1.165, 1.54) is 10.5 Å². The third-order valence-corrected chi connectivity index (χ3v) is 11.1. The minimum atomic E-state index is -0.347. The zero-order valence-electron chi connectivity index (χ0n) is 33.6. The number of carbonyl (C=O) groups excluding carboxylic acids is 2. The number of rotatable bonds is 7. The van der Waals surface area contributed by atoms with Crippen molar-refractivity contribution in [1.29, 1.82) is 0 Å². The SMILES string of the molecule is C=CC(=C)C.Cc1cccc(-c2ccc3c(c2)c2ccccc2n3-c2cccc3c2C(=O)N(c2c(-c4ccccc4)cc(-c4ccccc4)cc2-c2ccccc2)C3=O)c1. The van der Waals surface area contributed by atoms with E-state index in [1.54, 1.807) is 12.1 Å². The van der Waals surface area contributed by atoms with Gasteiger partial charge in [0, 0.05) is 21.9 Å². The Morgan fingerprint density at radius 1 is 0.483 bits per heavy atom. The summed E-state index contributed by atoms with van der Waals surface area (Å²) in [7, 11) is 0. The molecule has 1 aromatic heterocycles. The van der Waals surface area contributed by atoms with Crippen molar-refractivity contribution in [2.75, 3.05) is 4.90 Å². The van der Waals surface area contributed by atoms with Gasteiger partial charge >= 0.3 is 0 Å². The molecule has 0 unspecified atom stereocenters. The Labute approximate surface area is 350 Å². The number of aryl methyl sites for hydroxylation is 1. The lowest BCUT2D eigenvalue weighted by Gasteiger charge is -2.24. The van der Waals surface area contributed by atoms with Crippen molar-refractivity contribution in [2.24, 2.45) is 0 Å². The minimum absolute atomic E-state index is 0.342. The first-order valence-electron chi connectivity index (χ1n) is 20.1. The van der Waals surface area contributed by atoms with E-state index < -0.39 is 0 Å². The number of amides is 2. The normalized spacial score (nSPS) is 12.0. The number of hydrogen-bond acceptors (Lipinski definition) is 2. The number of fused-ring (bicyclic) bond motifs is 4. The van der Waals surface area contributed by atoms with Crippen molar-refractivity contribution in [3.05, 3.63) is 230 Å². The van der Waals surface area contributed by atoms with Crippen molar-refractivity contribution in [1.82, 2.24) is 4.57 Å². The van der Waals surface area contributed by atoms with E-state index in [4.69, 9.17) is 0 Å². The minimum Gasteiger partial charge on any atom is -0.308 e. The summed E-state index contributed by atoms with van der Waals surface area (Å²) < 4.78 is 2.15. The van der Waals surface area contributed by atoms with Gasteiger partial charge in [0.1, 0.15) is 0 Å². The van der Waals surface area contributed by atoms with Gasteiger partial charge < -0.3 is 4.57 Å². The molecule has 10 rings (SSSR count). The van der Waals surface area contributed by atoms with Crippen LogP contribution in [0.15, 0.2) is 213 Å². The summed E-state index contributed by atoms with van der Waals surface area (Å²) >= 11 is 0. The molecule has 2 amide bonds. The lowest BCUT2D eigenvalue weighted by Crippen LogP contribution is -2.30. The van der Waals surface area contributed by atoms with Gasteiger partial charge in [-0.1, -0.05) is 176 Å². The molecular formula is C56H42N2O2. The number of hydrogen-bond donors (Lipinski definition) is 0. The highest BCUT2D eigenvalue weighted by Gasteiger charge is 2.41. The fourth-order valence-corrected chi connectivity index (χ4v) is 8.24. The van der Waals surface area contributed by atoms with Crippen LogP contribution in [0.3, 0.4) is 0 Å². The molecule has 4 heteroatoms. The Morgan fingerprint density at radius 3 is 1.63 bits per heavy atom. The third kappa shape index (κ3) is 6.74. The monoisotopic (exact) mass is 774 g/mol. The standard InChI is InChI=1S/C51H34N2O2.C5H8/c1-33-15-13-22-37(29-33)38-27-28-46-44(30-38)40-23-11-12-25-45(40)52(46)47-26-14-24-41-48(47)51(55)53(50(41)54)49-42(35-18-7-3-8-19-35)31-39(34-16-5-2-6-17-34)32-43(49)36-20-9-4-10-21-36;1-4-5(2)3/h2-32H,1H3;4H,1-2H2,3H3. The molecule has 0 atom stereocenters. The molecule has 0 saturated heterocycles. The van der Waals surface area contributed by atoms with Crippen molar-refractivity contribution < 1.29 is 9.59 Å². The van der Waals surface area contributed by atoms with Gasteiger partial charge in [0.15, 0.2) is 0 Å². The van der Waals surface area contributed by atoms with E-state index in [-0.39, 0.29) is 11.8 Å². The number of para-hydroxylation sites is 1. The zero-order valence-corrected chi connectivity index (χ0v) is 33.6. The average molecular weight is 775 g/mol. The fourth-order valence-electron chi connectivity index (χ4n) is 8.24. The highest BCUT2D eigenvalue weighted by molar-refractivity contribution is 6.37. The van der Waals surface area contributed by atoms with Crippen molar-refractivity contribution in [3.8, 4) is 50.2 Å². The Balaban J connectivity index is 0.000000875. The largest absolute Gasteiger partial charge is 0.308 e. The van der Waals surface area contributed by atoms with Crippen LogP contribution in [-0.2, 0) is 0 Å². The van der Waals surface area contributed by atoms with Crippen molar-refractivity contribution in [3.63, 3.8) is 0 Å². The first-order chi connectivity index (χ1) is 29.3. The van der Waals surface area contributed by atoms with Crippen molar-refractivity contribution >= 4 is 39.3 Å². The van der Waals surface area contributed by atoms with Crippen LogP contribution in [0.2, 0.25) is 0 Å². The van der Waals surface area contributed by atoms with Crippen LogP contribution in [0.4, 0.5) is 5.69 Å². The molecular weight excluding hydrogens is 733 g/mol. The second-order valence-electron chi connectivity index (χ2n) is 15.2. The van der Waals surface area contributed by atoms with Gasteiger partial charge in [-0.3, -0.25) is 9.59 Å². The molecule has 0 radical (unpaired) electrons. The van der Waals surface area contributed by atoms with Gasteiger partial charge in [-0.2, -0.15) is 0 Å². The van der Waals surface area contributed by atoms with Crippen LogP contribution >= 0.6 is 0 Å². The summed E-state index contributed by atoms with van der Waals surface area (Å²) in [6.45, 7) is 11.0. The van der Waals surface area contributed by atoms with Crippen LogP contribution in [0.1, 0.15) is 33.2 Å². The molecule has 1 aliphatic heterocycles. The van der Waals surface area contributed by atoms with E-state index >= 15 is 4.79 Å². The number of carbonyl (C=O) groups is 2. The molecule has 1 aliphatic rings. The van der Waals surface area contributed by atoms with E-state index in [1.807, 2.05) is 110 Å². The van der Waals surface area contributed by atoms with E-state index in [0.717, 1.165) is 71.9 Å². The Hall–Kier alpha value is -7.82. The van der Waals surface area contributed by atoms with E-state index in [0.29, 0.717) is 22.5 Å². The summed E-state index contributed by atoms with van der Waals surface area (Å²) in [5.41, 5.74) is 13.9. The summed E-state index contributed by atoms with van der Waals surface area (Å²) in [5.74, 6) is -0.689. The number of nitrogens with zero attached hydrogens (tertiary/aromatic N) is 2. The lowest BCUT2D eigenvalue weighted by atomic mass is 9.90. The Bertz CT molecular complexity index is 3060. The molecule has 0 spiro atoms. The van der Waals surface area contributed by atoms with E-state index in [2.05, 4.69) is 104 Å². The molecule has 9 aromatic rings. The maximum absolute atomic E-state index is 15.3. The van der Waals surface area contributed by atoms with Crippen LogP contribution in [0.5, 0.6) is 0 Å². The number of imide groups is 1. The second-order valence-corrected chi connectivity index (χ2v) is 15.2. The molecule has 2 heterocycles. The topological polar surface area (TPSA) is 42.3 Å². The van der Waals surface area contributed by atoms with Gasteiger partial charge in [-0.15, -0.1) is 0 Å². The molecule has 0 fully saturated rings. The maximum atomic E-state index is 15.3. The summed E-state index contributed by atoms with van der Waals surface area (Å²) in [4.78, 5) is 31.6. The molecule has 4 nitrogen and oxygen atoms in total. The summed E-state index contributed by atoms with van der Waals surface area (Å²) in [6.07, 6.45) is 1.72. The van der Waals surface area contributed by atoms with Crippen LogP contribution in [-0.4, -0.2) is 16.4 Å². The Morgan fingerprint density at radius 2 is 1.02 bits per heavy atom. The van der Waals surface area contributed by atoms with Crippen LogP contribution in [0.25, 0.3) is 72.0 Å². The predicted octanol–water partition coefficient (Wildman–Crippen LogP) is 14.3. The van der Waals surface area contributed by atoms with Gasteiger partial charge in [0.25, 0.3) is 11.8 Å². The number of aromatic nitrogens is 1. The summed E-state index contributed by atoms with van der Waals surface area (Å²) in [5, 5.41) is 2.16. The Kier molecular flexibility index (Phi) is 9.97. The maximum Gasteiger partial charge on any atom is 0.268 e. The lowest BCUT2D eigenvalue weighted by molar-refractivity contribution is 0.0926. The zero-order chi connectivity index (χ0) is 41.3. The second kappa shape index (κ2) is 15.8. The summed E-state index contributed by atoms with van der Waals surface area (Å²) in [6, 6.07) is 63.5. The van der Waals surface area contributed by atoms with Gasteiger partial charge in [0.2, 0.25) is 0 Å². The molecule has 8 aromatic carbocycles.